The molecule has 0 saturated carbocycles. The fraction of sp³-hybridized carbons (Fsp3) is 0.333. The molecule has 2 N–H and O–H groups in total. The van der Waals surface area contributed by atoms with Crippen LogP contribution < -0.4 is 15.4 Å². The van der Waals surface area contributed by atoms with Gasteiger partial charge in [0.25, 0.3) is 5.91 Å². The van der Waals surface area contributed by atoms with Gasteiger partial charge in [0.2, 0.25) is 5.91 Å². The topological polar surface area (TPSA) is 79.9 Å². The minimum Gasteiger partial charge on any atom is -0.479 e. The number of hydrogen-bond acceptors (Lipinski definition) is 5. The third kappa shape index (κ3) is 6.60. The van der Waals surface area contributed by atoms with E-state index in [-0.39, 0.29) is 11.8 Å². The zero-order valence-corrected chi connectivity index (χ0v) is 18.0. The summed E-state index contributed by atoms with van der Waals surface area (Å²) in [6.45, 7) is 4.74. The second kappa shape index (κ2) is 10.6. The molecule has 9 heteroatoms. The van der Waals surface area contributed by atoms with Crippen molar-refractivity contribution < 1.29 is 19.1 Å². The van der Waals surface area contributed by atoms with Crippen LogP contribution in [0.4, 0.5) is 11.4 Å². The van der Waals surface area contributed by atoms with Gasteiger partial charge in [-0.2, -0.15) is 0 Å². The molecule has 0 bridgehead atoms. The summed E-state index contributed by atoms with van der Waals surface area (Å²) in [7, 11) is 0. The number of carbonyl (C=O) groups is 2. The Labute approximate surface area is 185 Å². The van der Waals surface area contributed by atoms with Crippen molar-refractivity contribution in [2.75, 3.05) is 43.5 Å². The van der Waals surface area contributed by atoms with E-state index in [1.54, 1.807) is 49.4 Å². The van der Waals surface area contributed by atoms with Crippen LogP contribution in [0, 0.1) is 0 Å². The molecular weight excluding hydrogens is 429 g/mol. The van der Waals surface area contributed by atoms with Crippen molar-refractivity contribution in [2.24, 2.45) is 0 Å². The van der Waals surface area contributed by atoms with Crippen molar-refractivity contribution in [3.05, 3.63) is 52.5 Å². The Hall–Kier alpha value is -2.32. The summed E-state index contributed by atoms with van der Waals surface area (Å²) in [6, 6.07) is 11.7. The van der Waals surface area contributed by atoms with Crippen LogP contribution in [0.2, 0.25) is 10.0 Å². The van der Waals surface area contributed by atoms with Crippen LogP contribution in [-0.2, 0) is 14.3 Å². The lowest BCUT2D eigenvalue weighted by atomic mass is 10.2. The van der Waals surface area contributed by atoms with Crippen LogP contribution in [0.25, 0.3) is 0 Å². The molecule has 3 rings (SSSR count). The summed E-state index contributed by atoms with van der Waals surface area (Å²) in [6.07, 6.45) is -0.767. The van der Waals surface area contributed by atoms with Gasteiger partial charge in [0.15, 0.2) is 6.10 Å². The van der Waals surface area contributed by atoms with Crippen LogP contribution in [0.15, 0.2) is 42.5 Å². The van der Waals surface area contributed by atoms with Gasteiger partial charge in [-0.3, -0.25) is 14.5 Å². The van der Waals surface area contributed by atoms with E-state index in [1.165, 1.54) is 0 Å². The molecule has 2 amide bonds. The molecule has 160 valence electrons. The molecule has 7 nitrogen and oxygen atoms in total. The average Bonchev–Trinajstić information content (AvgIpc) is 2.72. The predicted molar refractivity (Wildman–Crippen MR) is 118 cm³/mol. The van der Waals surface area contributed by atoms with Gasteiger partial charge in [-0.15, -0.1) is 0 Å². The lowest BCUT2D eigenvalue weighted by Crippen LogP contribution is -2.41. The van der Waals surface area contributed by atoms with Crippen LogP contribution >= 0.6 is 23.2 Å². The molecule has 0 radical (unpaired) electrons. The molecule has 1 saturated heterocycles. The number of nitrogens with one attached hydrogen (secondary N) is 2. The highest BCUT2D eigenvalue weighted by Gasteiger charge is 2.17. The van der Waals surface area contributed by atoms with E-state index in [0.29, 0.717) is 46.9 Å². The fourth-order valence-electron chi connectivity index (χ4n) is 2.86. The second-order valence-electron chi connectivity index (χ2n) is 6.84. The molecule has 1 aliphatic rings. The Morgan fingerprint density at radius 3 is 2.33 bits per heavy atom. The average molecular weight is 452 g/mol. The Bertz CT molecular complexity index is 886. The van der Waals surface area contributed by atoms with Gasteiger partial charge in [-0.25, -0.2) is 0 Å². The number of hydrogen-bond donors (Lipinski definition) is 2. The monoisotopic (exact) mass is 451 g/mol. The van der Waals surface area contributed by atoms with Crippen LogP contribution in [0.3, 0.4) is 0 Å². The first-order valence-corrected chi connectivity index (χ1v) is 10.3. The maximum Gasteiger partial charge on any atom is 0.265 e. The maximum absolute atomic E-state index is 12.4. The highest BCUT2D eigenvalue weighted by Crippen LogP contribution is 2.28. The smallest absolute Gasteiger partial charge is 0.265 e. The molecular formula is C21H23Cl2N3O4. The minimum atomic E-state index is -0.767. The van der Waals surface area contributed by atoms with E-state index < -0.39 is 6.10 Å². The highest BCUT2D eigenvalue weighted by atomic mass is 35.5. The number of benzene rings is 2. The first kappa shape index (κ1) is 22.4. The summed E-state index contributed by atoms with van der Waals surface area (Å²) in [5.74, 6) is -0.0392. The normalized spacial score (nSPS) is 15.3. The Kier molecular flexibility index (Phi) is 7.93. The minimum absolute atomic E-state index is 0.0875. The lowest BCUT2D eigenvalue weighted by Gasteiger charge is -2.25. The third-order valence-corrected chi connectivity index (χ3v) is 5.00. The molecule has 0 aliphatic carbocycles. The van der Waals surface area contributed by atoms with E-state index in [9.17, 15) is 9.59 Å². The van der Waals surface area contributed by atoms with Crippen molar-refractivity contribution >= 4 is 46.4 Å². The van der Waals surface area contributed by atoms with E-state index in [0.717, 1.165) is 13.1 Å². The molecule has 0 aromatic heterocycles. The summed E-state index contributed by atoms with van der Waals surface area (Å²) in [5, 5.41) is 6.44. The zero-order valence-electron chi connectivity index (χ0n) is 16.5. The number of nitrogens with zero attached hydrogens (tertiary/aromatic N) is 1. The van der Waals surface area contributed by atoms with E-state index >= 15 is 0 Å². The predicted octanol–water partition coefficient (Wildman–Crippen LogP) is 3.67. The van der Waals surface area contributed by atoms with E-state index in [1.807, 2.05) is 4.90 Å². The van der Waals surface area contributed by atoms with Crippen LogP contribution in [-0.4, -0.2) is 55.7 Å². The number of halogens is 2. The Morgan fingerprint density at radius 2 is 1.70 bits per heavy atom. The number of rotatable bonds is 7. The summed E-state index contributed by atoms with van der Waals surface area (Å²) in [5.41, 5.74) is 1.24. The van der Waals surface area contributed by atoms with Gasteiger partial charge < -0.3 is 20.1 Å². The summed E-state index contributed by atoms with van der Waals surface area (Å²) >= 11 is 11.9. The molecule has 30 heavy (non-hydrogen) atoms. The third-order valence-electron chi connectivity index (χ3n) is 4.47. The standard InChI is InChI=1S/C21H23Cl2N3O4/c1-14(30-19-7-2-15(22)12-18(19)23)21(28)25-17-5-3-16(4-6-17)24-20(27)13-26-8-10-29-11-9-26/h2-7,12,14H,8-11,13H2,1H3,(H,24,27)(H,25,28). The van der Waals surface area contributed by atoms with E-state index in [2.05, 4.69) is 10.6 Å². The van der Waals surface area contributed by atoms with Gasteiger partial charge in [0, 0.05) is 29.5 Å². The van der Waals surface area contributed by atoms with Gasteiger partial charge in [-0.05, 0) is 49.4 Å². The SMILES string of the molecule is CC(Oc1ccc(Cl)cc1Cl)C(=O)Nc1ccc(NC(=O)CN2CCOCC2)cc1. The highest BCUT2D eigenvalue weighted by molar-refractivity contribution is 6.35. The number of ether oxygens (including phenoxy) is 2. The molecule has 1 heterocycles. The zero-order chi connectivity index (χ0) is 21.5. The van der Waals surface area contributed by atoms with Gasteiger partial charge in [0.05, 0.1) is 24.8 Å². The lowest BCUT2D eigenvalue weighted by molar-refractivity contribution is -0.122. The first-order chi connectivity index (χ1) is 14.4. The van der Waals surface area contributed by atoms with Crippen molar-refractivity contribution in [3.8, 4) is 5.75 Å². The number of amides is 2. The van der Waals surface area contributed by atoms with Crippen LogP contribution in [0.1, 0.15) is 6.92 Å². The molecule has 0 spiro atoms. The summed E-state index contributed by atoms with van der Waals surface area (Å²) < 4.78 is 10.9. The fourth-order valence-corrected chi connectivity index (χ4v) is 3.31. The van der Waals surface area contributed by atoms with E-state index in [4.69, 9.17) is 32.7 Å². The Balaban J connectivity index is 1.49. The van der Waals surface area contributed by atoms with Crippen molar-refractivity contribution in [1.82, 2.24) is 4.90 Å². The van der Waals surface area contributed by atoms with Gasteiger partial charge >= 0.3 is 0 Å². The number of carbonyl (C=O) groups excluding carboxylic acids is 2. The van der Waals surface area contributed by atoms with Crippen molar-refractivity contribution in [2.45, 2.75) is 13.0 Å². The number of anilines is 2. The first-order valence-electron chi connectivity index (χ1n) is 9.53. The Morgan fingerprint density at radius 1 is 1.07 bits per heavy atom. The van der Waals surface area contributed by atoms with Crippen molar-refractivity contribution in [3.63, 3.8) is 0 Å². The molecule has 2 aromatic carbocycles. The van der Waals surface area contributed by atoms with Crippen LogP contribution in [0.5, 0.6) is 5.75 Å². The molecule has 1 fully saturated rings. The quantitative estimate of drug-likeness (QED) is 0.670. The summed E-state index contributed by atoms with van der Waals surface area (Å²) in [4.78, 5) is 26.6. The largest absolute Gasteiger partial charge is 0.479 e. The molecule has 1 unspecified atom stereocenters. The second-order valence-corrected chi connectivity index (χ2v) is 7.68. The molecule has 1 aliphatic heterocycles. The van der Waals surface area contributed by atoms with Gasteiger partial charge in [0.1, 0.15) is 5.75 Å². The number of morpholine rings is 1. The van der Waals surface area contributed by atoms with Crippen molar-refractivity contribution in [1.29, 1.82) is 0 Å². The molecule has 1 atom stereocenters. The molecule has 2 aromatic rings. The van der Waals surface area contributed by atoms with Gasteiger partial charge in [-0.1, -0.05) is 23.2 Å². The maximum atomic E-state index is 12.4.